The van der Waals surface area contributed by atoms with Gasteiger partial charge in [0.05, 0.1) is 5.69 Å². The van der Waals surface area contributed by atoms with Crippen LogP contribution in [0.4, 0.5) is 24.5 Å². The van der Waals surface area contributed by atoms with Crippen LogP contribution in [-0.2, 0) is 0 Å². The first-order valence-corrected chi connectivity index (χ1v) is 5.36. The van der Waals surface area contributed by atoms with Crippen molar-refractivity contribution in [1.82, 2.24) is 0 Å². The SMILES string of the molecule is Nc1ccc(OC(F)(F)F)c(N2CCCC2)c1. The van der Waals surface area contributed by atoms with E-state index in [-0.39, 0.29) is 5.75 Å². The third-order valence-corrected chi connectivity index (χ3v) is 2.66. The van der Waals surface area contributed by atoms with E-state index < -0.39 is 6.36 Å². The fraction of sp³-hybridized carbons (Fsp3) is 0.455. The maximum absolute atomic E-state index is 12.2. The smallest absolute Gasteiger partial charge is 0.404 e. The summed E-state index contributed by atoms with van der Waals surface area (Å²) in [5, 5.41) is 0. The number of nitrogens with two attached hydrogens (primary N) is 1. The lowest BCUT2D eigenvalue weighted by Crippen LogP contribution is -2.22. The molecule has 0 unspecified atom stereocenters. The lowest BCUT2D eigenvalue weighted by Gasteiger charge is -2.22. The molecule has 0 saturated carbocycles. The second-order valence-corrected chi connectivity index (χ2v) is 3.97. The average molecular weight is 246 g/mol. The number of benzene rings is 1. The summed E-state index contributed by atoms with van der Waals surface area (Å²) in [4.78, 5) is 1.86. The number of hydrogen-bond donors (Lipinski definition) is 1. The molecule has 1 saturated heterocycles. The van der Waals surface area contributed by atoms with Crippen molar-refractivity contribution in [3.05, 3.63) is 18.2 Å². The molecule has 0 atom stereocenters. The number of nitrogen functional groups attached to an aromatic ring is 1. The van der Waals surface area contributed by atoms with Gasteiger partial charge in [0.1, 0.15) is 0 Å². The molecular weight excluding hydrogens is 233 g/mol. The van der Waals surface area contributed by atoms with Gasteiger partial charge in [0.25, 0.3) is 0 Å². The Bertz CT molecular complexity index is 400. The van der Waals surface area contributed by atoms with Crippen LogP contribution in [0.3, 0.4) is 0 Å². The third kappa shape index (κ3) is 2.95. The molecule has 3 nitrogen and oxygen atoms in total. The number of rotatable bonds is 2. The summed E-state index contributed by atoms with van der Waals surface area (Å²) in [5.74, 6) is -0.186. The third-order valence-electron chi connectivity index (χ3n) is 2.66. The number of alkyl halides is 3. The highest BCUT2D eigenvalue weighted by Gasteiger charge is 2.33. The van der Waals surface area contributed by atoms with E-state index in [2.05, 4.69) is 4.74 Å². The van der Waals surface area contributed by atoms with Crippen molar-refractivity contribution < 1.29 is 17.9 Å². The van der Waals surface area contributed by atoms with Crippen LogP contribution in [0.2, 0.25) is 0 Å². The molecule has 0 aromatic heterocycles. The van der Waals surface area contributed by atoms with Gasteiger partial charge in [-0.1, -0.05) is 0 Å². The summed E-state index contributed by atoms with van der Waals surface area (Å²) >= 11 is 0. The normalized spacial score (nSPS) is 16.3. The molecule has 2 rings (SSSR count). The predicted octanol–water partition coefficient (Wildman–Crippen LogP) is 2.77. The summed E-state index contributed by atoms with van der Waals surface area (Å²) in [5.41, 5.74) is 6.44. The quantitative estimate of drug-likeness (QED) is 0.815. The molecular formula is C11H13F3N2O. The largest absolute Gasteiger partial charge is 0.573 e. The van der Waals surface area contributed by atoms with Crippen LogP contribution in [0.1, 0.15) is 12.8 Å². The van der Waals surface area contributed by atoms with E-state index >= 15 is 0 Å². The molecule has 1 heterocycles. The lowest BCUT2D eigenvalue weighted by molar-refractivity contribution is -0.274. The minimum Gasteiger partial charge on any atom is -0.404 e. The van der Waals surface area contributed by atoms with Gasteiger partial charge in [0, 0.05) is 18.8 Å². The number of anilines is 2. The second-order valence-electron chi connectivity index (χ2n) is 3.97. The van der Waals surface area contributed by atoms with Crippen molar-refractivity contribution in [3.63, 3.8) is 0 Å². The Kier molecular flexibility index (Phi) is 3.04. The highest BCUT2D eigenvalue weighted by atomic mass is 19.4. The molecule has 1 fully saturated rings. The predicted molar refractivity (Wildman–Crippen MR) is 59.0 cm³/mol. The van der Waals surface area contributed by atoms with Crippen molar-refractivity contribution >= 4 is 11.4 Å². The molecule has 1 aromatic carbocycles. The molecule has 1 aliphatic rings. The van der Waals surface area contributed by atoms with Crippen LogP contribution in [0.15, 0.2) is 18.2 Å². The van der Waals surface area contributed by atoms with Crippen LogP contribution in [0.25, 0.3) is 0 Å². The average Bonchev–Trinajstić information content (AvgIpc) is 2.71. The van der Waals surface area contributed by atoms with Crippen LogP contribution < -0.4 is 15.4 Å². The van der Waals surface area contributed by atoms with Gasteiger partial charge in [0.15, 0.2) is 5.75 Å². The van der Waals surface area contributed by atoms with Gasteiger partial charge in [-0.3, -0.25) is 0 Å². The number of ether oxygens (including phenoxy) is 1. The van der Waals surface area contributed by atoms with E-state index in [1.54, 1.807) is 0 Å². The van der Waals surface area contributed by atoms with E-state index in [0.29, 0.717) is 11.4 Å². The highest BCUT2D eigenvalue weighted by molar-refractivity contribution is 5.65. The van der Waals surface area contributed by atoms with E-state index in [0.717, 1.165) is 25.9 Å². The fourth-order valence-electron chi connectivity index (χ4n) is 1.95. The van der Waals surface area contributed by atoms with E-state index in [9.17, 15) is 13.2 Å². The van der Waals surface area contributed by atoms with E-state index in [1.165, 1.54) is 18.2 Å². The van der Waals surface area contributed by atoms with Gasteiger partial charge in [-0.05, 0) is 31.0 Å². The van der Waals surface area contributed by atoms with Crippen LogP contribution in [0, 0.1) is 0 Å². The van der Waals surface area contributed by atoms with Gasteiger partial charge < -0.3 is 15.4 Å². The Hall–Kier alpha value is -1.59. The van der Waals surface area contributed by atoms with Crippen molar-refractivity contribution in [2.24, 2.45) is 0 Å². The minimum absolute atomic E-state index is 0.186. The fourth-order valence-corrected chi connectivity index (χ4v) is 1.95. The zero-order valence-electron chi connectivity index (χ0n) is 9.13. The van der Waals surface area contributed by atoms with Crippen LogP contribution >= 0.6 is 0 Å². The van der Waals surface area contributed by atoms with Crippen molar-refractivity contribution in [1.29, 1.82) is 0 Å². The first kappa shape index (κ1) is 11.9. The molecule has 0 spiro atoms. The highest BCUT2D eigenvalue weighted by Crippen LogP contribution is 2.36. The Morgan fingerprint density at radius 3 is 2.41 bits per heavy atom. The lowest BCUT2D eigenvalue weighted by atomic mass is 10.2. The van der Waals surface area contributed by atoms with Gasteiger partial charge in [-0.25, -0.2) is 0 Å². The zero-order valence-corrected chi connectivity index (χ0v) is 9.13. The monoisotopic (exact) mass is 246 g/mol. The summed E-state index contributed by atoms with van der Waals surface area (Å²) in [6, 6.07) is 4.18. The number of nitrogens with zero attached hydrogens (tertiary/aromatic N) is 1. The molecule has 0 amide bonds. The first-order valence-electron chi connectivity index (χ1n) is 5.36. The first-order chi connectivity index (χ1) is 7.96. The molecule has 1 aliphatic heterocycles. The number of hydrogen-bond acceptors (Lipinski definition) is 3. The van der Waals surface area contributed by atoms with Gasteiger partial charge in [-0.2, -0.15) is 0 Å². The second kappa shape index (κ2) is 4.35. The van der Waals surface area contributed by atoms with Crippen LogP contribution in [-0.4, -0.2) is 19.5 Å². The van der Waals surface area contributed by atoms with Gasteiger partial charge in [-0.15, -0.1) is 13.2 Å². The molecule has 0 aliphatic carbocycles. The van der Waals surface area contributed by atoms with Crippen molar-refractivity contribution in [2.45, 2.75) is 19.2 Å². The Morgan fingerprint density at radius 2 is 1.82 bits per heavy atom. The summed E-state index contributed by atoms with van der Waals surface area (Å²) in [6.45, 7) is 1.47. The maximum Gasteiger partial charge on any atom is 0.573 e. The Balaban J connectivity index is 2.30. The zero-order chi connectivity index (χ0) is 12.5. The summed E-state index contributed by atoms with van der Waals surface area (Å²) in [6.07, 6.45) is -2.73. The van der Waals surface area contributed by atoms with Crippen molar-refractivity contribution in [2.75, 3.05) is 23.7 Å². The van der Waals surface area contributed by atoms with Crippen molar-refractivity contribution in [3.8, 4) is 5.75 Å². The standard InChI is InChI=1S/C11H13F3N2O/c12-11(13,14)17-10-4-3-8(15)7-9(10)16-5-1-2-6-16/h3-4,7H,1-2,5-6,15H2. The summed E-state index contributed by atoms with van der Waals surface area (Å²) < 4.78 is 40.7. The summed E-state index contributed by atoms with van der Waals surface area (Å²) in [7, 11) is 0. The van der Waals surface area contributed by atoms with E-state index in [4.69, 9.17) is 5.73 Å². The minimum atomic E-state index is -4.68. The topological polar surface area (TPSA) is 38.5 Å². The van der Waals surface area contributed by atoms with Gasteiger partial charge in [0.2, 0.25) is 0 Å². The molecule has 2 N–H and O–H groups in total. The Labute approximate surface area is 97.0 Å². The maximum atomic E-state index is 12.2. The molecule has 6 heteroatoms. The molecule has 0 bridgehead atoms. The van der Waals surface area contributed by atoms with Crippen LogP contribution in [0.5, 0.6) is 5.75 Å². The number of halogens is 3. The van der Waals surface area contributed by atoms with E-state index in [1.807, 2.05) is 4.90 Å². The Morgan fingerprint density at radius 1 is 1.18 bits per heavy atom. The molecule has 94 valence electrons. The molecule has 1 aromatic rings. The van der Waals surface area contributed by atoms with Gasteiger partial charge >= 0.3 is 6.36 Å². The molecule has 17 heavy (non-hydrogen) atoms. The molecule has 0 radical (unpaired) electrons.